The molecule has 0 heterocycles. The van der Waals surface area contributed by atoms with Crippen LogP contribution in [0.4, 0.5) is 5.69 Å². The van der Waals surface area contributed by atoms with Crippen molar-refractivity contribution in [2.75, 3.05) is 30.8 Å². The highest BCUT2D eigenvalue weighted by Gasteiger charge is 2.27. The first kappa shape index (κ1) is 29.5. The van der Waals surface area contributed by atoms with Crippen LogP contribution in [-0.2, 0) is 26.2 Å². The van der Waals surface area contributed by atoms with Crippen LogP contribution in [0.3, 0.4) is 0 Å². The number of nitrogens with zero attached hydrogens (tertiary/aromatic N) is 2. The number of rotatable bonds is 13. The standard InChI is InChI=1S/C26H36ClN3O5S/c1-19(2)17-28-26(32)20(3)29(18-21-10-8-11-22(27)16-21)25(31)14-9-15-30(36(5,33)34)23-12-6-7-13-24(23)35-4/h6-8,10-13,16,19-20H,9,14-15,17-18H2,1-5H3,(H,28,32)/t20-/m1/s1. The number of halogens is 1. The molecule has 2 aromatic rings. The molecule has 0 aliphatic heterocycles. The largest absolute Gasteiger partial charge is 0.495 e. The van der Waals surface area contributed by atoms with E-state index in [0.717, 1.165) is 11.8 Å². The van der Waals surface area contributed by atoms with E-state index >= 15 is 0 Å². The Morgan fingerprint density at radius 2 is 1.78 bits per heavy atom. The average molecular weight is 538 g/mol. The van der Waals surface area contributed by atoms with E-state index in [4.69, 9.17) is 16.3 Å². The predicted octanol–water partition coefficient (Wildman–Crippen LogP) is 4.08. The van der Waals surface area contributed by atoms with E-state index < -0.39 is 16.1 Å². The van der Waals surface area contributed by atoms with Crippen LogP contribution in [-0.4, -0.2) is 57.6 Å². The number of carbonyl (C=O) groups is 2. The van der Waals surface area contributed by atoms with Crippen molar-refractivity contribution in [1.29, 1.82) is 0 Å². The van der Waals surface area contributed by atoms with Crippen molar-refractivity contribution in [3.8, 4) is 5.75 Å². The number of nitrogens with one attached hydrogen (secondary N) is 1. The lowest BCUT2D eigenvalue weighted by Gasteiger charge is -2.30. The monoisotopic (exact) mass is 537 g/mol. The Kier molecular flexibility index (Phi) is 11.0. The third-order valence-electron chi connectivity index (χ3n) is 5.60. The summed E-state index contributed by atoms with van der Waals surface area (Å²) in [5, 5.41) is 3.42. The van der Waals surface area contributed by atoms with Gasteiger partial charge in [-0.1, -0.05) is 49.7 Å². The second-order valence-electron chi connectivity index (χ2n) is 9.08. The van der Waals surface area contributed by atoms with Crippen LogP contribution >= 0.6 is 11.6 Å². The first-order chi connectivity index (χ1) is 16.9. The molecular weight excluding hydrogens is 502 g/mol. The number of hydrogen-bond acceptors (Lipinski definition) is 5. The molecule has 0 fully saturated rings. The minimum Gasteiger partial charge on any atom is -0.495 e. The van der Waals surface area contributed by atoms with Gasteiger partial charge in [0.1, 0.15) is 11.8 Å². The van der Waals surface area contributed by atoms with E-state index in [-0.39, 0.29) is 43.7 Å². The van der Waals surface area contributed by atoms with Crippen molar-refractivity contribution in [3.05, 3.63) is 59.1 Å². The first-order valence-corrected chi connectivity index (χ1v) is 14.1. The molecular formula is C26H36ClN3O5S. The predicted molar refractivity (Wildman–Crippen MR) is 144 cm³/mol. The Bertz CT molecular complexity index is 1140. The molecule has 0 aliphatic rings. The summed E-state index contributed by atoms with van der Waals surface area (Å²) in [5.41, 5.74) is 1.21. The normalized spacial score (nSPS) is 12.2. The summed E-state index contributed by atoms with van der Waals surface area (Å²) in [6.45, 7) is 6.48. The molecule has 0 unspecified atom stereocenters. The van der Waals surface area contributed by atoms with Gasteiger partial charge >= 0.3 is 0 Å². The molecule has 0 saturated carbocycles. The molecule has 0 saturated heterocycles. The summed E-state index contributed by atoms with van der Waals surface area (Å²) in [7, 11) is -2.14. The van der Waals surface area contributed by atoms with Crippen molar-refractivity contribution in [2.45, 2.75) is 46.2 Å². The Morgan fingerprint density at radius 1 is 1.08 bits per heavy atom. The SMILES string of the molecule is COc1ccccc1N(CCCC(=O)N(Cc1cccc(Cl)c1)[C@H](C)C(=O)NCC(C)C)S(C)(=O)=O. The van der Waals surface area contributed by atoms with E-state index in [1.165, 1.54) is 16.3 Å². The summed E-state index contributed by atoms with van der Waals surface area (Å²) in [4.78, 5) is 27.6. The Balaban J connectivity index is 2.19. The molecule has 36 heavy (non-hydrogen) atoms. The average Bonchev–Trinajstić information content (AvgIpc) is 2.82. The number of sulfonamides is 1. The van der Waals surface area contributed by atoms with E-state index in [1.54, 1.807) is 49.4 Å². The summed E-state index contributed by atoms with van der Waals surface area (Å²) in [6, 6.07) is 13.3. The van der Waals surface area contributed by atoms with E-state index in [1.807, 2.05) is 19.9 Å². The third kappa shape index (κ3) is 8.71. The van der Waals surface area contributed by atoms with E-state index in [2.05, 4.69) is 5.32 Å². The summed E-state index contributed by atoms with van der Waals surface area (Å²) < 4.78 is 31.6. The van der Waals surface area contributed by atoms with Gasteiger partial charge in [0, 0.05) is 31.1 Å². The molecule has 0 radical (unpaired) electrons. The molecule has 10 heteroatoms. The zero-order valence-corrected chi connectivity index (χ0v) is 23.1. The van der Waals surface area contributed by atoms with Gasteiger partial charge in [-0.15, -0.1) is 0 Å². The lowest BCUT2D eigenvalue weighted by atomic mass is 10.1. The van der Waals surface area contributed by atoms with Crippen LogP contribution in [0.5, 0.6) is 5.75 Å². The number of methoxy groups -OCH3 is 1. The summed E-state index contributed by atoms with van der Waals surface area (Å²) in [5.74, 6) is 0.198. The summed E-state index contributed by atoms with van der Waals surface area (Å²) in [6.07, 6.45) is 1.44. The zero-order valence-electron chi connectivity index (χ0n) is 21.5. The van der Waals surface area contributed by atoms with Crippen molar-refractivity contribution < 1.29 is 22.7 Å². The van der Waals surface area contributed by atoms with Crippen LogP contribution in [0.1, 0.15) is 39.2 Å². The first-order valence-electron chi connectivity index (χ1n) is 11.9. The van der Waals surface area contributed by atoms with Crippen LogP contribution in [0.25, 0.3) is 0 Å². The molecule has 1 atom stereocenters. The molecule has 2 rings (SSSR count). The minimum atomic E-state index is -3.62. The smallest absolute Gasteiger partial charge is 0.242 e. The van der Waals surface area contributed by atoms with Crippen LogP contribution in [0.2, 0.25) is 5.02 Å². The Labute approximate surface area is 219 Å². The van der Waals surface area contributed by atoms with Gasteiger partial charge in [-0.25, -0.2) is 8.42 Å². The lowest BCUT2D eigenvalue weighted by Crippen LogP contribution is -2.48. The van der Waals surface area contributed by atoms with Crippen LogP contribution < -0.4 is 14.4 Å². The maximum Gasteiger partial charge on any atom is 0.242 e. The van der Waals surface area contributed by atoms with Gasteiger partial charge in [-0.2, -0.15) is 0 Å². The number of benzene rings is 2. The maximum absolute atomic E-state index is 13.3. The van der Waals surface area contributed by atoms with Gasteiger partial charge in [-0.3, -0.25) is 13.9 Å². The molecule has 0 spiro atoms. The van der Waals surface area contributed by atoms with E-state index in [9.17, 15) is 18.0 Å². The molecule has 8 nitrogen and oxygen atoms in total. The molecule has 0 bridgehead atoms. The molecule has 0 aromatic heterocycles. The van der Waals surface area contributed by atoms with Crippen molar-refractivity contribution in [1.82, 2.24) is 10.2 Å². The number of hydrogen-bond donors (Lipinski definition) is 1. The Hall–Kier alpha value is -2.78. The Morgan fingerprint density at radius 3 is 2.39 bits per heavy atom. The number of anilines is 1. The molecule has 0 aliphatic carbocycles. The van der Waals surface area contributed by atoms with Gasteiger partial charge in [0.25, 0.3) is 0 Å². The zero-order chi connectivity index (χ0) is 26.9. The maximum atomic E-state index is 13.3. The second-order valence-corrected chi connectivity index (χ2v) is 11.4. The van der Waals surface area contributed by atoms with Gasteiger partial charge in [0.15, 0.2) is 0 Å². The van der Waals surface area contributed by atoms with Gasteiger partial charge in [0.05, 0.1) is 19.1 Å². The fourth-order valence-electron chi connectivity index (χ4n) is 3.69. The molecule has 2 amide bonds. The van der Waals surface area contributed by atoms with Gasteiger partial charge < -0.3 is 15.0 Å². The fourth-order valence-corrected chi connectivity index (χ4v) is 4.87. The topological polar surface area (TPSA) is 96.0 Å². The third-order valence-corrected chi connectivity index (χ3v) is 7.01. The van der Waals surface area contributed by atoms with Crippen molar-refractivity contribution in [3.63, 3.8) is 0 Å². The number of carbonyl (C=O) groups excluding carboxylic acids is 2. The van der Waals surface area contributed by atoms with Gasteiger partial charge in [-0.05, 0) is 49.1 Å². The van der Waals surface area contributed by atoms with E-state index in [0.29, 0.717) is 23.0 Å². The second kappa shape index (κ2) is 13.5. The molecule has 198 valence electrons. The highest BCUT2D eigenvalue weighted by Crippen LogP contribution is 2.29. The highest BCUT2D eigenvalue weighted by molar-refractivity contribution is 7.92. The molecule has 1 N–H and O–H groups in total. The quantitative estimate of drug-likeness (QED) is 0.415. The number of para-hydroxylation sites is 2. The fraction of sp³-hybridized carbons (Fsp3) is 0.462. The number of ether oxygens (including phenoxy) is 1. The molecule has 2 aromatic carbocycles. The van der Waals surface area contributed by atoms with Crippen LogP contribution in [0.15, 0.2) is 48.5 Å². The van der Waals surface area contributed by atoms with Crippen molar-refractivity contribution >= 4 is 39.1 Å². The highest BCUT2D eigenvalue weighted by atomic mass is 35.5. The van der Waals surface area contributed by atoms with Crippen molar-refractivity contribution in [2.24, 2.45) is 5.92 Å². The minimum absolute atomic E-state index is 0.0591. The lowest BCUT2D eigenvalue weighted by molar-refractivity contribution is -0.140. The van der Waals surface area contributed by atoms with Gasteiger partial charge in [0.2, 0.25) is 21.8 Å². The summed E-state index contributed by atoms with van der Waals surface area (Å²) >= 11 is 6.12. The van der Waals surface area contributed by atoms with Crippen LogP contribution in [0, 0.1) is 5.92 Å². The number of amides is 2.